The quantitative estimate of drug-likeness (QED) is 0.718. The van der Waals surface area contributed by atoms with Crippen LogP contribution in [0.25, 0.3) is 0 Å². The van der Waals surface area contributed by atoms with Gasteiger partial charge in [-0.1, -0.05) is 11.8 Å². The van der Waals surface area contributed by atoms with Crippen molar-refractivity contribution in [3.05, 3.63) is 5.89 Å². The van der Waals surface area contributed by atoms with Gasteiger partial charge in [-0.15, -0.1) is 10.2 Å². The average Bonchev–Trinajstić information content (AvgIpc) is 2.67. The molecule has 1 atom stereocenters. The van der Waals surface area contributed by atoms with E-state index in [1.807, 2.05) is 6.26 Å². The summed E-state index contributed by atoms with van der Waals surface area (Å²) in [7, 11) is 2.08. The van der Waals surface area contributed by atoms with Gasteiger partial charge < -0.3 is 9.73 Å². The molecule has 1 saturated heterocycles. The summed E-state index contributed by atoms with van der Waals surface area (Å²) in [6.45, 7) is 2.92. The van der Waals surface area contributed by atoms with Gasteiger partial charge in [0.2, 0.25) is 5.89 Å². The van der Waals surface area contributed by atoms with Gasteiger partial charge in [0, 0.05) is 19.6 Å². The minimum absolute atomic E-state index is 0.220. The highest BCUT2D eigenvalue weighted by molar-refractivity contribution is 7.98. The fourth-order valence-corrected chi connectivity index (χ4v) is 1.81. The lowest BCUT2D eigenvalue weighted by Crippen LogP contribution is -2.43. The third kappa shape index (κ3) is 1.92. The number of likely N-dealkylation sites (N-methyl/N-ethyl adjacent to an activating group) is 1. The predicted octanol–water partition coefficient (Wildman–Crippen LogP) is 0.368. The molecule has 0 amide bonds. The highest BCUT2D eigenvalue weighted by Gasteiger charge is 2.25. The number of hydrogen-bond acceptors (Lipinski definition) is 6. The molecule has 1 aliphatic rings. The molecule has 0 bridgehead atoms. The highest BCUT2D eigenvalue weighted by Crippen LogP contribution is 2.21. The van der Waals surface area contributed by atoms with Gasteiger partial charge in [0.25, 0.3) is 5.22 Å². The Bertz CT molecular complexity index is 303. The molecule has 5 nitrogen and oxygen atoms in total. The van der Waals surface area contributed by atoms with Crippen LogP contribution in [-0.2, 0) is 0 Å². The molecular weight excluding hydrogens is 200 g/mol. The summed E-state index contributed by atoms with van der Waals surface area (Å²) in [4.78, 5) is 2.23. The fourth-order valence-electron chi connectivity index (χ4n) is 1.52. The molecule has 0 saturated carbocycles. The van der Waals surface area contributed by atoms with E-state index in [1.165, 1.54) is 11.8 Å². The Morgan fingerprint density at radius 3 is 3.07 bits per heavy atom. The van der Waals surface area contributed by atoms with Crippen LogP contribution in [-0.4, -0.2) is 48.0 Å². The maximum Gasteiger partial charge on any atom is 0.276 e. The van der Waals surface area contributed by atoms with Crippen LogP contribution in [0.3, 0.4) is 0 Å². The van der Waals surface area contributed by atoms with Crippen molar-refractivity contribution in [2.45, 2.75) is 11.3 Å². The first-order valence-electron chi connectivity index (χ1n) is 4.59. The van der Waals surface area contributed by atoms with Crippen molar-refractivity contribution >= 4 is 11.8 Å². The Hall–Kier alpha value is -0.590. The van der Waals surface area contributed by atoms with E-state index in [0.29, 0.717) is 11.1 Å². The predicted molar refractivity (Wildman–Crippen MR) is 54.3 cm³/mol. The Kier molecular flexibility index (Phi) is 3.05. The van der Waals surface area contributed by atoms with Gasteiger partial charge >= 0.3 is 0 Å². The van der Waals surface area contributed by atoms with Crippen LogP contribution in [0.15, 0.2) is 9.64 Å². The zero-order valence-electron chi connectivity index (χ0n) is 8.36. The summed E-state index contributed by atoms with van der Waals surface area (Å²) >= 11 is 1.48. The molecule has 1 N–H and O–H groups in total. The van der Waals surface area contributed by atoms with Crippen LogP contribution >= 0.6 is 11.8 Å². The molecular formula is C8H14N4OS. The molecule has 0 radical (unpaired) electrons. The van der Waals surface area contributed by atoms with Gasteiger partial charge in [0.05, 0.1) is 0 Å². The maximum atomic E-state index is 5.50. The molecule has 1 unspecified atom stereocenters. The summed E-state index contributed by atoms with van der Waals surface area (Å²) in [5.74, 6) is 0.712. The Morgan fingerprint density at radius 1 is 1.57 bits per heavy atom. The van der Waals surface area contributed by atoms with Crippen LogP contribution in [0.2, 0.25) is 0 Å². The Balaban J connectivity index is 2.12. The second-order valence-corrected chi connectivity index (χ2v) is 4.07. The van der Waals surface area contributed by atoms with E-state index >= 15 is 0 Å². The van der Waals surface area contributed by atoms with Crippen LogP contribution < -0.4 is 5.32 Å². The van der Waals surface area contributed by atoms with Crippen molar-refractivity contribution in [1.82, 2.24) is 20.4 Å². The van der Waals surface area contributed by atoms with Crippen LogP contribution in [0.1, 0.15) is 11.9 Å². The van der Waals surface area contributed by atoms with E-state index in [1.54, 1.807) is 0 Å². The lowest BCUT2D eigenvalue weighted by Gasteiger charge is -2.30. The normalized spacial score (nSPS) is 24.0. The molecule has 14 heavy (non-hydrogen) atoms. The topological polar surface area (TPSA) is 54.2 Å². The monoisotopic (exact) mass is 214 g/mol. The van der Waals surface area contributed by atoms with Crippen LogP contribution in [0.4, 0.5) is 0 Å². The minimum atomic E-state index is 0.220. The van der Waals surface area contributed by atoms with E-state index in [0.717, 1.165) is 19.6 Å². The Morgan fingerprint density at radius 2 is 2.43 bits per heavy atom. The first kappa shape index (κ1) is 9.95. The maximum absolute atomic E-state index is 5.50. The van der Waals surface area contributed by atoms with Crippen molar-refractivity contribution in [1.29, 1.82) is 0 Å². The van der Waals surface area contributed by atoms with Crippen LogP contribution in [0.5, 0.6) is 0 Å². The second kappa shape index (κ2) is 4.29. The van der Waals surface area contributed by atoms with Crippen LogP contribution in [0, 0.1) is 0 Å². The molecule has 0 aromatic carbocycles. The molecule has 1 aliphatic heterocycles. The number of nitrogens with zero attached hydrogens (tertiary/aromatic N) is 3. The Labute approximate surface area is 87.3 Å². The van der Waals surface area contributed by atoms with Gasteiger partial charge in [-0.25, -0.2) is 0 Å². The molecule has 6 heteroatoms. The molecule has 0 aliphatic carbocycles. The van der Waals surface area contributed by atoms with Gasteiger partial charge in [0.15, 0.2) is 0 Å². The molecule has 0 spiro atoms. The molecule has 1 aromatic rings. The number of aromatic nitrogens is 2. The second-order valence-electron chi connectivity index (χ2n) is 3.31. The summed E-state index contributed by atoms with van der Waals surface area (Å²) in [6.07, 6.45) is 1.93. The summed E-state index contributed by atoms with van der Waals surface area (Å²) in [6, 6.07) is 0.220. The number of hydrogen-bond donors (Lipinski definition) is 1. The van der Waals surface area contributed by atoms with Gasteiger partial charge in [-0.2, -0.15) is 0 Å². The first-order valence-corrected chi connectivity index (χ1v) is 5.82. The summed E-state index contributed by atoms with van der Waals surface area (Å²) in [5, 5.41) is 11.9. The number of thioether (sulfide) groups is 1. The third-order valence-corrected chi connectivity index (χ3v) is 2.91. The minimum Gasteiger partial charge on any atom is -0.414 e. The van der Waals surface area contributed by atoms with Crippen molar-refractivity contribution in [2.24, 2.45) is 0 Å². The molecule has 2 heterocycles. The SMILES string of the molecule is CSc1nnc(C2CNCCN2C)o1. The zero-order chi connectivity index (χ0) is 9.97. The number of rotatable bonds is 2. The van der Waals surface area contributed by atoms with Gasteiger partial charge in [-0.3, -0.25) is 4.90 Å². The van der Waals surface area contributed by atoms with E-state index in [4.69, 9.17) is 4.42 Å². The number of nitrogens with one attached hydrogen (secondary N) is 1. The van der Waals surface area contributed by atoms with E-state index < -0.39 is 0 Å². The van der Waals surface area contributed by atoms with Crippen molar-refractivity contribution < 1.29 is 4.42 Å². The zero-order valence-corrected chi connectivity index (χ0v) is 9.17. The summed E-state index contributed by atoms with van der Waals surface area (Å²) < 4.78 is 5.50. The number of piperazine rings is 1. The first-order chi connectivity index (χ1) is 6.81. The van der Waals surface area contributed by atoms with E-state index in [2.05, 4.69) is 27.5 Å². The standard InChI is InChI=1S/C8H14N4OS/c1-12-4-3-9-5-6(12)7-10-11-8(13-7)14-2/h6,9H,3-5H2,1-2H3. The van der Waals surface area contributed by atoms with E-state index in [-0.39, 0.29) is 6.04 Å². The van der Waals surface area contributed by atoms with E-state index in [9.17, 15) is 0 Å². The molecule has 1 fully saturated rings. The molecule has 2 rings (SSSR count). The fraction of sp³-hybridized carbons (Fsp3) is 0.750. The summed E-state index contributed by atoms with van der Waals surface area (Å²) in [5.41, 5.74) is 0. The smallest absolute Gasteiger partial charge is 0.276 e. The van der Waals surface area contributed by atoms with Crippen molar-refractivity contribution in [3.63, 3.8) is 0 Å². The average molecular weight is 214 g/mol. The lowest BCUT2D eigenvalue weighted by atomic mass is 10.2. The highest BCUT2D eigenvalue weighted by atomic mass is 32.2. The third-order valence-electron chi connectivity index (χ3n) is 2.39. The lowest BCUT2D eigenvalue weighted by molar-refractivity contribution is 0.167. The largest absolute Gasteiger partial charge is 0.414 e. The van der Waals surface area contributed by atoms with Crippen molar-refractivity contribution in [3.8, 4) is 0 Å². The van der Waals surface area contributed by atoms with Gasteiger partial charge in [-0.05, 0) is 13.3 Å². The molecule has 78 valence electrons. The van der Waals surface area contributed by atoms with Crippen molar-refractivity contribution in [2.75, 3.05) is 32.9 Å². The molecule has 1 aromatic heterocycles. The van der Waals surface area contributed by atoms with Gasteiger partial charge in [0.1, 0.15) is 6.04 Å².